The van der Waals surface area contributed by atoms with E-state index in [-0.39, 0.29) is 13.0 Å². The molecule has 0 rings (SSSR count). The minimum absolute atomic E-state index is 0.140. The molecule has 0 aliphatic heterocycles. The van der Waals surface area contributed by atoms with Gasteiger partial charge in [-0.3, -0.25) is 4.18 Å². The first-order valence-corrected chi connectivity index (χ1v) is 4.81. The van der Waals surface area contributed by atoms with Crippen LogP contribution in [0, 0.1) is 0 Å². The van der Waals surface area contributed by atoms with Gasteiger partial charge < -0.3 is 4.74 Å². The predicted molar refractivity (Wildman–Crippen MR) is 37.5 cm³/mol. The molecule has 86 valence electrons. The molecule has 0 N–H and O–H groups in total. The maximum absolute atomic E-state index is 11.6. The lowest BCUT2D eigenvalue weighted by molar-refractivity contribution is -0.0548. The van der Waals surface area contributed by atoms with Gasteiger partial charge in [0.1, 0.15) is 0 Å². The second-order valence-corrected chi connectivity index (χ2v) is 3.70. The Balaban J connectivity index is 3.80. The lowest BCUT2D eigenvalue weighted by atomic mass is 10.5. The van der Waals surface area contributed by atoms with E-state index in [1.165, 1.54) is 0 Å². The van der Waals surface area contributed by atoms with E-state index in [0.717, 1.165) is 0 Å². The Kier molecular flexibility index (Phi) is 5.31. The van der Waals surface area contributed by atoms with Gasteiger partial charge in [0.25, 0.3) is 0 Å². The maximum Gasteiger partial charge on any atom is 0.523 e. The van der Waals surface area contributed by atoms with Crippen LogP contribution >= 0.6 is 0 Å². The molecule has 9 heteroatoms. The van der Waals surface area contributed by atoms with Gasteiger partial charge in [0.2, 0.25) is 0 Å². The zero-order valence-corrected chi connectivity index (χ0v) is 7.70. The Morgan fingerprint density at radius 3 is 2.14 bits per heavy atom. The van der Waals surface area contributed by atoms with Crippen LogP contribution in [0.2, 0.25) is 0 Å². The Labute approximate surface area is 77.9 Å². The third kappa shape index (κ3) is 4.72. The number of halogens is 4. The molecule has 0 amide bonds. The highest BCUT2D eigenvalue weighted by Gasteiger charge is 2.47. The molecule has 0 aliphatic carbocycles. The Bertz CT molecular complexity index is 247. The molecule has 14 heavy (non-hydrogen) atoms. The summed E-state index contributed by atoms with van der Waals surface area (Å²) >= 11 is 0. The van der Waals surface area contributed by atoms with Gasteiger partial charge in [0, 0.05) is 0 Å². The van der Waals surface area contributed by atoms with E-state index in [1.807, 2.05) is 0 Å². The molecular weight excluding hydrogens is 232 g/mol. The van der Waals surface area contributed by atoms with Gasteiger partial charge in [-0.25, -0.2) is 4.39 Å². The second kappa shape index (κ2) is 5.47. The topological polar surface area (TPSA) is 52.6 Å². The summed E-state index contributed by atoms with van der Waals surface area (Å²) in [6, 6.07) is 0. The summed E-state index contributed by atoms with van der Waals surface area (Å²) in [5.41, 5.74) is -5.42. The van der Waals surface area contributed by atoms with Crippen LogP contribution in [0.5, 0.6) is 0 Å². The van der Waals surface area contributed by atoms with E-state index < -0.39 is 29.1 Å². The van der Waals surface area contributed by atoms with E-state index in [2.05, 4.69) is 8.92 Å². The van der Waals surface area contributed by atoms with E-state index in [4.69, 9.17) is 0 Å². The van der Waals surface area contributed by atoms with Crippen molar-refractivity contribution in [2.24, 2.45) is 0 Å². The zero-order valence-electron chi connectivity index (χ0n) is 6.88. The fourth-order valence-corrected chi connectivity index (χ4v) is 0.922. The molecule has 0 fully saturated rings. The first-order chi connectivity index (χ1) is 6.31. The van der Waals surface area contributed by atoms with E-state index in [9.17, 15) is 26.0 Å². The monoisotopic (exact) mass is 240 g/mol. The lowest BCUT2D eigenvalue weighted by Crippen LogP contribution is -2.26. The Hall–Kier alpha value is -0.410. The van der Waals surface area contributed by atoms with Crippen molar-refractivity contribution in [3.8, 4) is 0 Å². The third-order valence-corrected chi connectivity index (χ3v) is 2.08. The number of hydrogen-bond donors (Lipinski definition) is 0. The van der Waals surface area contributed by atoms with Crippen LogP contribution in [-0.2, 0) is 19.0 Å². The number of hydrogen-bond acceptors (Lipinski definition) is 4. The average molecular weight is 240 g/mol. The Morgan fingerprint density at radius 2 is 1.71 bits per heavy atom. The molecular formula is C5H8F4O4S. The highest BCUT2D eigenvalue weighted by Crippen LogP contribution is 2.24. The summed E-state index contributed by atoms with van der Waals surface area (Å²) in [6.45, 7) is -1.97. The molecule has 0 saturated carbocycles. The van der Waals surface area contributed by atoms with Crippen molar-refractivity contribution in [1.82, 2.24) is 0 Å². The number of rotatable bonds is 6. The van der Waals surface area contributed by atoms with Crippen molar-refractivity contribution < 1.29 is 34.9 Å². The molecule has 0 atom stereocenters. The van der Waals surface area contributed by atoms with Gasteiger partial charge in [-0.15, -0.1) is 0 Å². The first kappa shape index (κ1) is 13.6. The van der Waals surface area contributed by atoms with Gasteiger partial charge in [-0.1, -0.05) is 0 Å². The molecule has 0 radical (unpaired) electrons. The quantitative estimate of drug-likeness (QED) is 0.303. The molecule has 0 unspecified atom stereocenters. The minimum atomic E-state index is -5.53. The van der Waals surface area contributed by atoms with Gasteiger partial charge in [0.05, 0.1) is 13.2 Å². The molecule has 0 bridgehead atoms. The van der Waals surface area contributed by atoms with Crippen LogP contribution in [0.25, 0.3) is 0 Å². The standard InChI is InChI=1S/C5H8F4O4S/c6-4-12-2-1-3-13-14(10,11)5(7,8)9/h1-4H2. The predicted octanol–water partition coefficient (Wildman–Crippen LogP) is 1.19. The van der Waals surface area contributed by atoms with Crippen LogP contribution in [-0.4, -0.2) is 34.0 Å². The van der Waals surface area contributed by atoms with Crippen LogP contribution in [0.4, 0.5) is 17.6 Å². The van der Waals surface area contributed by atoms with Crippen molar-refractivity contribution in [2.75, 3.05) is 20.1 Å². The summed E-state index contributed by atoms with van der Waals surface area (Å²) in [7, 11) is -5.53. The molecule has 0 aromatic carbocycles. The lowest BCUT2D eigenvalue weighted by Gasteiger charge is -2.07. The van der Waals surface area contributed by atoms with Crippen molar-refractivity contribution in [3.63, 3.8) is 0 Å². The summed E-state index contributed by atoms with van der Waals surface area (Å²) in [6.07, 6.45) is -0.140. The average Bonchev–Trinajstić information content (AvgIpc) is 2.02. The summed E-state index contributed by atoms with van der Waals surface area (Å²) in [5, 5.41) is 0. The molecule has 4 nitrogen and oxygen atoms in total. The first-order valence-electron chi connectivity index (χ1n) is 3.40. The van der Waals surface area contributed by atoms with Crippen LogP contribution in [0.3, 0.4) is 0 Å². The van der Waals surface area contributed by atoms with Crippen molar-refractivity contribution in [3.05, 3.63) is 0 Å². The highest BCUT2D eigenvalue weighted by molar-refractivity contribution is 7.87. The zero-order chi connectivity index (χ0) is 11.2. The van der Waals surface area contributed by atoms with Gasteiger partial charge in [0.15, 0.2) is 6.86 Å². The van der Waals surface area contributed by atoms with Crippen molar-refractivity contribution in [1.29, 1.82) is 0 Å². The summed E-state index contributed by atoms with van der Waals surface area (Å²) < 4.78 is 74.2. The summed E-state index contributed by atoms with van der Waals surface area (Å²) in [5.74, 6) is 0. The normalized spacial score (nSPS) is 13.1. The van der Waals surface area contributed by atoms with Gasteiger partial charge in [-0.05, 0) is 6.42 Å². The fourth-order valence-electron chi connectivity index (χ4n) is 0.451. The minimum Gasteiger partial charge on any atom is -0.350 e. The second-order valence-electron chi connectivity index (χ2n) is 2.09. The summed E-state index contributed by atoms with van der Waals surface area (Å²) in [4.78, 5) is 0. The van der Waals surface area contributed by atoms with E-state index in [1.54, 1.807) is 0 Å². The number of alkyl halides is 4. The smallest absolute Gasteiger partial charge is 0.350 e. The largest absolute Gasteiger partial charge is 0.523 e. The van der Waals surface area contributed by atoms with E-state index >= 15 is 0 Å². The Morgan fingerprint density at radius 1 is 1.14 bits per heavy atom. The molecule has 0 aliphatic rings. The molecule has 0 saturated heterocycles. The molecule has 0 aromatic rings. The van der Waals surface area contributed by atoms with Crippen LogP contribution < -0.4 is 0 Å². The number of ether oxygens (including phenoxy) is 1. The van der Waals surface area contributed by atoms with Crippen LogP contribution in [0.15, 0.2) is 0 Å². The van der Waals surface area contributed by atoms with Crippen molar-refractivity contribution in [2.45, 2.75) is 11.9 Å². The molecule has 0 spiro atoms. The fraction of sp³-hybridized carbons (Fsp3) is 1.00. The third-order valence-electron chi connectivity index (χ3n) is 1.03. The highest BCUT2D eigenvalue weighted by atomic mass is 32.2. The molecule has 0 aromatic heterocycles. The van der Waals surface area contributed by atoms with Gasteiger partial charge in [-0.2, -0.15) is 21.6 Å². The van der Waals surface area contributed by atoms with Crippen LogP contribution in [0.1, 0.15) is 6.42 Å². The van der Waals surface area contributed by atoms with Crippen molar-refractivity contribution >= 4 is 10.1 Å². The van der Waals surface area contributed by atoms with Gasteiger partial charge >= 0.3 is 15.6 Å². The SMILES string of the molecule is O=S(=O)(OCCCOCF)C(F)(F)F. The van der Waals surface area contributed by atoms with E-state index in [0.29, 0.717) is 0 Å². The maximum atomic E-state index is 11.6. The molecule has 0 heterocycles.